The van der Waals surface area contributed by atoms with Crippen LogP contribution < -0.4 is 4.74 Å². The molecule has 2 aliphatic rings. The first kappa shape index (κ1) is 17.6. The van der Waals surface area contributed by atoms with Crippen LogP contribution in [0.2, 0.25) is 0 Å². The summed E-state index contributed by atoms with van der Waals surface area (Å²) in [4.78, 5) is 4.08. The topological polar surface area (TPSA) is 102 Å². The Morgan fingerprint density at radius 3 is 2.52 bits per heavy atom. The number of hydrogen-bond acceptors (Lipinski definition) is 8. The van der Waals surface area contributed by atoms with Crippen molar-refractivity contribution in [1.82, 2.24) is 19.7 Å². The van der Waals surface area contributed by atoms with Gasteiger partial charge in [-0.3, -0.25) is 9.55 Å². The summed E-state index contributed by atoms with van der Waals surface area (Å²) in [6.45, 7) is 2.40. The summed E-state index contributed by atoms with van der Waals surface area (Å²) in [5.41, 5.74) is 2.20. The fraction of sp³-hybridized carbons (Fsp3) is 0.350. The van der Waals surface area contributed by atoms with Crippen molar-refractivity contribution >= 4 is 0 Å². The second-order valence-corrected chi connectivity index (χ2v) is 7.25. The summed E-state index contributed by atoms with van der Waals surface area (Å²) in [5, 5.41) is 24.8. The van der Waals surface area contributed by atoms with Crippen molar-refractivity contribution in [2.75, 3.05) is 6.61 Å². The molecule has 1 aliphatic heterocycles. The molecule has 0 amide bonds. The van der Waals surface area contributed by atoms with E-state index in [1.165, 1.54) is 0 Å². The normalized spacial score (nSPS) is 17.0. The van der Waals surface area contributed by atoms with Gasteiger partial charge in [-0.05, 0) is 47.9 Å². The zero-order valence-corrected chi connectivity index (χ0v) is 16.0. The maximum atomic E-state index is 6.06. The minimum atomic E-state index is -0.844. The lowest BCUT2D eigenvalue weighted by atomic mass is 9.94. The van der Waals surface area contributed by atoms with E-state index < -0.39 is 5.66 Å². The highest BCUT2D eigenvalue weighted by Gasteiger charge is 2.37. The lowest BCUT2D eigenvalue weighted by Crippen LogP contribution is -2.23. The van der Waals surface area contributed by atoms with Gasteiger partial charge in [0.25, 0.3) is 0 Å². The molecule has 0 saturated heterocycles. The summed E-state index contributed by atoms with van der Waals surface area (Å²) in [7, 11) is 0. The summed E-state index contributed by atoms with van der Waals surface area (Å²) >= 11 is 0. The molecule has 3 aromatic rings. The molecule has 0 atom stereocenters. The lowest BCUT2D eigenvalue weighted by molar-refractivity contribution is 0.235. The van der Waals surface area contributed by atoms with Crippen LogP contribution in [-0.2, 0) is 5.66 Å². The standard InChI is InChI=1S/C20H20N8O/c1-14-4-2-3-5-17(14)20(24-26-27-25-20)10-13-29-19-23-22-18(28(19)16-6-7-16)15-8-11-21-12-9-15/h2-5,8-9,11-12,16H,6-7,10,13H2,1H3. The van der Waals surface area contributed by atoms with Crippen molar-refractivity contribution < 1.29 is 4.74 Å². The molecule has 2 aromatic heterocycles. The molecular formula is C20H20N8O. The molecule has 29 heavy (non-hydrogen) atoms. The quantitative estimate of drug-likeness (QED) is 0.597. The number of nitrogens with zero attached hydrogens (tertiary/aromatic N) is 8. The molecular weight excluding hydrogens is 368 g/mol. The zero-order chi connectivity index (χ0) is 19.7. The van der Waals surface area contributed by atoms with Crippen LogP contribution in [0.1, 0.15) is 36.4 Å². The molecule has 1 fully saturated rings. The third kappa shape index (κ3) is 3.28. The summed E-state index contributed by atoms with van der Waals surface area (Å²) in [6, 6.07) is 12.8. The van der Waals surface area contributed by atoms with Crippen molar-refractivity contribution in [3.05, 3.63) is 59.9 Å². The highest BCUT2D eigenvalue weighted by Crippen LogP contribution is 2.41. The second kappa shape index (κ2) is 7.16. The third-order valence-corrected chi connectivity index (χ3v) is 5.23. The highest BCUT2D eigenvalue weighted by molar-refractivity contribution is 5.55. The van der Waals surface area contributed by atoms with Crippen LogP contribution in [0.3, 0.4) is 0 Å². The fourth-order valence-corrected chi connectivity index (χ4v) is 3.59. The average molecular weight is 388 g/mol. The summed E-state index contributed by atoms with van der Waals surface area (Å²) < 4.78 is 8.14. The van der Waals surface area contributed by atoms with Gasteiger partial charge < -0.3 is 4.74 Å². The van der Waals surface area contributed by atoms with Gasteiger partial charge in [0.15, 0.2) is 5.82 Å². The SMILES string of the molecule is Cc1ccccc1C1(CCOc2nnc(-c3ccncc3)n2C2CC2)N=NN=N1. The van der Waals surface area contributed by atoms with Gasteiger partial charge in [0.2, 0.25) is 5.66 Å². The number of benzene rings is 1. The minimum absolute atomic E-state index is 0.369. The van der Waals surface area contributed by atoms with Crippen LogP contribution in [-0.4, -0.2) is 26.4 Å². The molecule has 1 aliphatic carbocycles. The number of ether oxygens (including phenoxy) is 1. The van der Waals surface area contributed by atoms with Crippen LogP contribution in [0.25, 0.3) is 11.4 Å². The Morgan fingerprint density at radius 2 is 1.79 bits per heavy atom. The highest BCUT2D eigenvalue weighted by atomic mass is 16.5. The van der Waals surface area contributed by atoms with E-state index in [4.69, 9.17) is 4.74 Å². The van der Waals surface area contributed by atoms with Gasteiger partial charge in [0.05, 0.1) is 6.61 Å². The number of rotatable bonds is 7. The Bertz CT molecular complexity index is 1060. The van der Waals surface area contributed by atoms with E-state index >= 15 is 0 Å². The van der Waals surface area contributed by atoms with E-state index in [1.54, 1.807) is 12.4 Å². The Balaban J connectivity index is 1.37. The molecule has 0 spiro atoms. The smallest absolute Gasteiger partial charge is 0.317 e. The first-order valence-corrected chi connectivity index (χ1v) is 9.65. The molecule has 1 aromatic carbocycles. The van der Waals surface area contributed by atoms with E-state index in [0.717, 1.165) is 35.4 Å². The Hall–Kier alpha value is -3.49. The van der Waals surface area contributed by atoms with E-state index in [2.05, 4.69) is 40.4 Å². The molecule has 9 heteroatoms. The van der Waals surface area contributed by atoms with Crippen LogP contribution in [0.4, 0.5) is 0 Å². The molecule has 146 valence electrons. The average Bonchev–Trinajstić information content (AvgIpc) is 3.32. The predicted octanol–water partition coefficient (Wildman–Crippen LogP) is 4.44. The van der Waals surface area contributed by atoms with Crippen molar-refractivity contribution in [3.63, 3.8) is 0 Å². The molecule has 0 radical (unpaired) electrons. The van der Waals surface area contributed by atoms with Gasteiger partial charge in [-0.15, -0.1) is 15.3 Å². The largest absolute Gasteiger partial charge is 0.463 e. The maximum absolute atomic E-state index is 6.06. The number of pyridine rings is 1. The van der Waals surface area contributed by atoms with Crippen LogP contribution in [0.15, 0.2) is 69.5 Å². The Morgan fingerprint density at radius 1 is 1.03 bits per heavy atom. The molecule has 0 unspecified atom stereocenters. The van der Waals surface area contributed by atoms with Crippen LogP contribution >= 0.6 is 0 Å². The van der Waals surface area contributed by atoms with Gasteiger partial charge in [0.1, 0.15) is 0 Å². The molecule has 3 heterocycles. The maximum Gasteiger partial charge on any atom is 0.317 e. The van der Waals surface area contributed by atoms with E-state index in [0.29, 0.717) is 25.1 Å². The monoisotopic (exact) mass is 388 g/mol. The predicted molar refractivity (Wildman–Crippen MR) is 104 cm³/mol. The molecule has 0 N–H and O–H groups in total. The Kier molecular flexibility index (Phi) is 4.34. The lowest BCUT2D eigenvalue weighted by Gasteiger charge is -2.22. The van der Waals surface area contributed by atoms with Crippen LogP contribution in [0, 0.1) is 6.92 Å². The summed E-state index contributed by atoms with van der Waals surface area (Å²) in [6.07, 6.45) is 6.21. The van der Waals surface area contributed by atoms with Gasteiger partial charge in [0, 0.05) is 36.0 Å². The fourth-order valence-electron chi connectivity index (χ4n) is 3.59. The van der Waals surface area contributed by atoms with Gasteiger partial charge >= 0.3 is 6.01 Å². The second-order valence-electron chi connectivity index (χ2n) is 7.25. The van der Waals surface area contributed by atoms with E-state index in [1.807, 2.05) is 43.3 Å². The van der Waals surface area contributed by atoms with Crippen LogP contribution in [0.5, 0.6) is 6.01 Å². The van der Waals surface area contributed by atoms with Crippen molar-refractivity contribution in [2.45, 2.75) is 37.9 Å². The Labute approximate surface area is 167 Å². The van der Waals surface area contributed by atoms with E-state index in [-0.39, 0.29) is 0 Å². The molecule has 1 saturated carbocycles. The first-order chi connectivity index (χ1) is 14.3. The van der Waals surface area contributed by atoms with Gasteiger partial charge in [-0.25, -0.2) is 0 Å². The molecule has 9 nitrogen and oxygen atoms in total. The van der Waals surface area contributed by atoms with Gasteiger partial charge in [-0.1, -0.05) is 29.4 Å². The summed E-state index contributed by atoms with van der Waals surface area (Å²) in [5.74, 6) is 0.804. The number of aryl methyl sites for hydroxylation is 1. The third-order valence-electron chi connectivity index (χ3n) is 5.23. The molecule has 5 rings (SSSR count). The zero-order valence-electron chi connectivity index (χ0n) is 16.0. The van der Waals surface area contributed by atoms with Crippen molar-refractivity contribution in [3.8, 4) is 17.4 Å². The van der Waals surface area contributed by atoms with Gasteiger partial charge in [-0.2, -0.15) is 0 Å². The van der Waals surface area contributed by atoms with Crippen molar-refractivity contribution in [2.24, 2.45) is 20.7 Å². The minimum Gasteiger partial charge on any atom is -0.463 e. The number of hydrogen-bond donors (Lipinski definition) is 0. The van der Waals surface area contributed by atoms with Crippen molar-refractivity contribution in [1.29, 1.82) is 0 Å². The first-order valence-electron chi connectivity index (χ1n) is 9.65. The number of aromatic nitrogens is 4. The molecule has 0 bridgehead atoms. The van der Waals surface area contributed by atoms with E-state index in [9.17, 15) is 0 Å².